The van der Waals surface area contributed by atoms with Gasteiger partial charge in [0.1, 0.15) is 0 Å². The third-order valence-electron chi connectivity index (χ3n) is 4.40. The summed E-state index contributed by atoms with van der Waals surface area (Å²) in [5.74, 6) is 0.239. The Balaban J connectivity index is 1.58. The zero-order valence-corrected chi connectivity index (χ0v) is 16.4. The Hall–Kier alpha value is -1.21. The quantitative estimate of drug-likeness (QED) is 0.703. The van der Waals surface area contributed by atoms with Crippen molar-refractivity contribution in [3.63, 3.8) is 0 Å². The number of ether oxygens (including phenoxy) is 1. The summed E-state index contributed by atoms with van der Waals surface area (Å²) in [4.78, 5) is 0.349. The third-order valence-corrected chi connectivity index (χ3v) is 6.81. The van der Waals surface area contributed by atoms with Crippen LogP contribution < -0.4 is 0 Å². The third kappa shape index (κ3) is 4.91. The van der Waals surface area contributed by atoms with Gasteiger partial charge in [0.05, 0.1) is 18.1 Å². The smallest absolute Gasteiger partial charge is 0.243 e. The van der Waals surface area contributed by atoms with Gasteiger partial charge >= 0.3 is 0 Å². The fourth-order valence-corrected chi connectivity index (χ4v) is 4.87. The molecule has 0 aromatic heterocycles. The first-order valence-corrected chi connectivity index (χ1v) is 10.7. The molecule has 1 aliphatic rings. The van der Waals surface area contributed by atoms with Crippen molar-refractivity contribution in [2.24, 2.45) is 5.92 Å². The fourth-order valence-electron chi connectivity index (χ4n) is 3.05. The van der Waals surface area contributed by atoms with E-state index in [2.05, 4.69) is 15.9 Å². The van der Waals surface area contributed by atoms with Crippen LogP contribution in [-0.4, -0.2) is 32.4 Å². The standard InChI is InChI=1S/C19H22BrNO3S/c20-18-8-10-19(11-9-18)25(22,23)21-12-4-7-17(13-21)15-24-14-16-5-2-1-3-6-16/h1-3,5-6,8-11,17H,4,7,12-15H2/t17-/m0/s1. The summed E-state index contributed by atoms with van der Waals surface area (Å²) in [6, 6.07) is 16.8. The molecule has 6 heteroatoms. The van der Waals surface area contributed by atoms with E-state index in [1.807, 2.05) is 30.3 Å². The molecule has 1 heterocycles. The Morgan fingerprint density at radius 3 is 2.52 bits per heavy atom. The van der Waals surface area contributed by atoms with Gasteiger partial charge in [0.25, 0.3) is 0 Å². The average molecular weight is 424 g/mol. The zero-order chi connectivity index (χ0) is 17.7. The summed E-state index contributed by atoms with van der Waals surface area (Å²) < 4.78 is 33.9. The summed E-state index contributed by atoms with van der Waals surface area (Å²) in [6.45, 7) is 2.25. The second-order valence-corrected chi connectivity index (χ2v) is 9.18. The molecule has 0 aliphatic carbocycles. The van der Waals surface area contributed by atoms with Gasteiger partial charge in [-0.1, -0.05) is 46.3 Å². The molecule has 25 heavy (non-hydrogen) atoms. The highest BCUT2D eigenvalue weighted by molar-refractivity contribution is 9.10. The Labute approximate surface area is 158 Å². The Bertz CT molecular complexity index is 778. The van der Waals surface area contributed by atoms with Crippen LogP contribution in [0.3, 0.4) is 0 Å². The normalized spacial score (nSPS) is 19.0. The molecule has 3 rings (SSSR count). The van der Waals surface area contributed by atoms with E-state index in [1.54, 1.807) is 28.6 Å². The van der Waals surface area contributed by atoms with Gasteiger partial charge in [0.15, 0.2) is 0 Å². The number of piperidine rings is 1. The van der Waals surface area contributed by atoms with Crippen LogP contribution in [0.15, 0.2) is 64.0 Å². The van der Waals surface area contributed by atoms with E-state index < -0.39 is 10.0 Å². The van der Waals surface area contributed by atoms with Crippen molar-refractivity contribution in [3.05, 3.63) is 64.6 Å². The number of hydrogen-bond donors (Lipinski definition) is 0. The van der Waals surface area contributed by atoms with Crippen LogP contribution in [0.25, 0.3) is 0 Å². The van der Waals surface area contributed by atoms with Crippen molar-refractivity contribution in [2.45, 2.75) is 24.3 Å². The highest BCUT2D eigenvalue weighted by atomic mass is 79.9. The van der Waals surface area contributed by atoms with Crippen molar-refractivity contribution in [1.29, 1.82) is 0 Å². The lowest BCUT2D eigenvalue weighted by molar-refractivity contribution is 0.0672. The van der Waals surface area contributed by atoms with E-state index in [0.29, 0.717) is 31.2 Å². The Morgan fingerprint density at radius 1 is 1.08 bits per heavy atom. The highest BCUT2D eigenvalue weighted by Crippen LogP contribution is 2.25. The van der Waals surface area contributed by atoms with Crippen molar-refractivity contribution in [3.8, 4) is 0 Å². The van der Waals surface area contributed by atoms with Crippen LogP contribution in [0.4, 0.5) is 0 Å². The largest absolute Gasteiger partial charge is 0.376 e. The lowest BCUT2D eigenvalue weighted by Crippen LogP contribution is -2.41. The summed E-state index contributed by atoms with van der Waals surface area (Å²) in [5.41, 5.74) is 1.14. The molecule has 0 unspecified atom stereocenters. The maximum Gasteiger partial charge on any atom is 0.243 e. The first-order chi connectivity index (χ1) is 12.1. The second-order valence-electron chi connectivity index (χ2n) is 6.33. The number of rotatable bonds is 6. The second kappa shape index (κ2) is 8.45. The van der Waals surface area contributed by atoms with Gasteiger partial charge in [0, 0.05) is 17.6 Å². The molecule has 134 valence electrons. The molecule has 4 nitrogen and oxygen atoms in total. The van der Waals surface area contributed by atoms with E-state index in [-0.39, 0.29) is 5.92 Å². The van der Waals surface area contributed by atoms with Gasteiger partial charge in [-0.25, -0.2) is 8.42 Å². The van der Waals surface area contributed by atoms with Gasteiger partial charge in [-0.05, 0) is 48.6 Å². The molecule has 0 spiro atoms. The highest BCUT2D eigenvalue weighted by Gasteiger charge is 2.30. The van der Waals surface area contributed by atoms with Crippen LogP contribution in [0.5, 0.6) is 0 Å². The molecule has 0 radical (unpaired) electrons. The SMILES string of the molecule is O=S(=O)(c1ccc(Br)cc1)N1CCC[C@H](COCc2ccccc2)C1. The molecular formula is C19H22BrNO3S. The van der Waals surface area contributed by atoms with E-state index in [0.717, 1.165) is 22.9 Å². The summed E-state index contributed by atoms with van der Waals surface area (Å²) in [7, 11) is -3.43. The van der Waals surface area contributed by atoms with Crippen molar-refractivity contribution >= 4 is 26.0 Å². The molecule has 1 atom stereocenters. The molecule has 1 fully saturated rings. The lowest BCUT2D eigenvalue weighted by atomic mass is 10.0. The number of nitrogens with zero attached hydrogens (tertiary/aromatic N) is 1. The molecule has 0 bridgehead atoms. The van der Waals surface area contributed by atoms with Crippen LogP contribution in [0.1, 0.15) is 18.4 Å². The number of benzene rings is 2. The number of halogens is 1. The molecule has 0 N–H and O–H groups in total. The predicted octanol–water partition coefficient (Wildman–Crippen LogP) is 4.07. The number of hydrogen-bond acceptors (Lipinski definition) is 3. The maximum atomic E-state index is 12.8. The van der Waals surface area contributed by atoms with Gasteiger partial charge < -0.3 is 4.74 Å². The predicted molar refractivity (Wildman–Crippen MR) is 102 cm³/mol. The van der Waals surface area contributed by atoms with E-state index in [4.69, 9.17) is 4.74 Å². The molecule has 2 aromatic rings. The summed E-state index contributed by atoms with van der Waals surface area (Å²) in [5, 5.41) is 0. The van der Waals surface area contributed by atoms with Gasteiger partial charge in [-0.15, -0.1) is 0 Å². The molecule has 0 saturated carbocycles. The lowest BCUT2D eigenvalue weighted by Gasteiger charge is -2.31. The molecule has 2 aromatic carbocycles. The van der Waals surface area contributed by atoms with Crippen LogP contribution >= 0.6 is 15.9 Å². The van der Waals surface area contributed by atoms with Crippen LogP contribution in [0, 0.1) is 5.92 Å². The van der Waals surface area contributed by atoms with E-state index in [9.17, 15) is 8.42 Å². The maximum absolute atomic E-state index is 12.8. The average Bonchev–Trinajstić information content (AvgIpc) is 2.63. The Kier molecular flexibility index (Phi) is 6.28. The molecule has 1 aliphatic heterocycles. The molecule has 0 amide bonds. The van der Waals surface area contributed by atoms with Gasteiger partial charge in [-0.2, -0.15) is 4.31 Å². The van der Waals surface area contributed by atoms with Crippen molar-refractivity contribution < 1.29 is 13.2 Å². The number of sulfonamides is 1. The van der Waals surface area contributed by atoms with Crippen molar-refractivity contribution in [2.75, 3.05) is 19.7 Å². The van der Waals surface area contributed by atoms with E-state index >= 15 is 0 Å². The summed E-state index contributed by atoms with van der Waals surface area (Å²) in [6.07, 6.45) is 1.87. The van der Waals surface area contributed by atoms with E-state index in [1.165, 1.54) is 0 Å². The van der Waals surface area contributed by atoms with Crippen LogP contribution in [-0.2, 0) is 21.4 Å². The first-order valence-electron chi connectivity index (χ1n) is 8.43. The van der Waals surface area contributed by atoms with Crippen molar-refractivity contribution in [1.82, 2.24) is 4.31 Å². The molecule has 1 saturated heterocycles. The molecular weight excluding hydrogens is 402 g/mol. The fraction of sp³-hybridized carbons (Fsp3) is 0.368. The topological polar surface area (TPSA) is 46.6 Å². The monoisotopic (exact) mass is 423 g/mol. The zero-order valence-electron chi connectivity index (χ0n) is 14.0. The minimum absolute atomic E-state index is 0.239. The van der Waals surface area contributed by atoms with Gasteiger partial charge in [0.2, 0.25) is 10.0 Å². The Morgan fingerprint density at radius 2 is 1.80 bits per heavy atom. The van der Waals surface area contributed by atoms with Crippen LogP contribution in [0.2, 0.25) is 0 Å². The minimum atomic E-state index is -3.43. The summed E-state index contributed by atoms with van der Waals surface area (Å²) >= 11 is 3.34. The van der Waals surface area contributed by atoms with Gasteiger partial charge in [-0.3, -0.25) is 0 Å². The minimum Gasteiger partial charge on any atom is -0.376 e. The first kappa shape index (κ1) is 18.6.